The fraction of sp³-hybridized carbons (Fsp3) is 0.950. The number of likely N-dealkylation sites (tertiary alicyclic amines) is 2. The van der Waals surface area contributed by atoms with Crippen molar-refractivity contribution in [2.75, 3.05) is 46.5 Å². The molecule has 2 saturated heterocycles. The molecule has 3 aliphatic rings. The molecule has 0 radical (unpaired) electrons. The van der Waals surface area contributed by atoms with Crippen LogP contribution in [0.3, 0.4) is 0 Å². The van der Waals surface area contributed by atoms with E-state index < -0.39 is 0 Å². The molecule has 3 rings (SSSR count). The highest BCUT2D eigenvalue weighted by atomic mass is 16.5. The van der Waals surface area contributed by atoms with E-state index in [0.717, 1.165) is 77.7 Å². The normalized spacial score (nSPS) is 29.6. The summed E-state index contributed by atoms with van der Waals surface area (Å²) in [5.74, 6) is 0.738. The highest BCUT2D eigenvalue weighted by Crippen LogP contribution is 2.37. The van der Waals surface area contributed by atoms with Crippen LogP contribution in [0.4, 0.5) is 0 Å². The maximum Gasteiger partial charge on any atom is 0.225 e. The third-order valence-corrected chi connectivity index (χ3v) is 6.83. The Morgan fingerprint density at radius 1 is 1.16 bits per heavy atom. The van der Waals surface area contributed by atoms with Gasteiger partial charge < -0.3 is 14.7 Å². The van der Waals surface area contributed by atoms with Crippen molar-refractivity contribution in [2.45, 2.75) is 63.8 Å². The van der Waals surface area contributed by atoms with Crippen molar-refractivity contribution >= 4 is 5.91 Å². The number of piperidine rings is 2. The number of hydrogen-bond donors (Lipinski definition) is 1. The Hall–Kier alpha value is -0.650. The van der Waals surface area contributed by atoms with Crippen LogP contribution < -0.4 is 0 Å². The van der Waals surface area contributed by atoms with Gasteiger partial charge >= 0.3 is 0 Å². The van der Waals surface area contributed by atoms with E-state index in [1.807, 2.05) is 0 Å². The molecular weight excluding hydrogens is 316 g/mol. The molecular formula is C20H36N2O3. The number of aliphatic hydroxyl groups is 1. The van der Waals surface area contributed by atoms with Gasteiger partial charge in [0, 0.05) is 57.3 Å². The maximum absolute atomic E-state index is 12.4. The number of hydrogen-bond acceptors (Lipinski definition) is 4. The molecule has 0 aromatic heterocycles. The van der Waals surface area contributed by atoms with Crippen molar-refractivity contribution in [2.24, 2.45) is 11.3 Å². The predicted molar refractivity (Wildman–Crippen MR) is 98.4 cm³/mol. The smallest absolute Gasteiger partial charge is 0.225 e. The van der Waals surface area contributed by atoms with Crippen molar-refractivity contribution in [1.29, 1.82) is 0 Å². The third kappa shape index (κ3) is 4.55. The minimum Gasteiger partial charge on any atom is -0.396 e. The molecule has 25 heavy (non-hydrogen) atoms. The Morgan fingerprint density at radius 3 is 2.52 bits per heavy atom. The highest BCUT2D eigenvalue weighted by Gasteiger charge is 2.38. The molecule has 1 saturated carbocycles. The van der Waals surface area contributed by atoms with E-state index in [4.69, 9.17) is 4.74 Å². The van der Waals surface area contributed by atoms with Gasteiger partial charge in [-0.05, 0) is 57.9 Å². The zero-order chi connectivity index (χ0) is 17.7. The lowest BCUT2D eigenvalue weighted by Gasteiger charge is -2.47. The first-order valence-corrected chi connectivity index (χ1v) is 10.3. The molecule has 1 aliphatic carbocycles. The number of carbonyl (C=O) groups excluding carboxylic acids is 1. The molecule has 1 atom stereocenters. The molecule has 5 heteroatoms. The van der Waals surface area contributed by atoms with Crippen molar-refractivity contribution in [1.82, 2.24) is 9.80 Å². The van der Waals surface area contributed by atoms with Gasteiger partial charge in [0.2, 0.25) is 5.91 Å². The molecule has 0 unspecified atom stereocenters. The van der Waals surface area contributed by atoms with E-state index in [-0.39, 0.29) is 12.0 Å². The minimum atomic E-state index is 0.0513. The second-order valence-corrected chi connectivity index (χ2v) is 8.51. The summed E-state index contributed by atoms with van der Waals surface area (Å²) in [4.78, 5) is 17.1. The number of aliphatic hydroxyl groups excluding tert-OH is 1. The van der Waals surface area contributed by atoms with Crippen LogP contribution in [-0.2, 0) is 9.53 Å². The van der Waals surface area contributed by atoms with Gasteiger partial charge in [-0.3, -0.25) is 9.69 Å². The maximum atomic E-state index is 12.4. The second kappa shape index (κ2) is 8.83. The van der Waals surface area contributed by atoms with Gasteiger partial charge in [-0.1, -0.05) is 6.42 Å². The number of amides is 1. The Kier molecular flexibility index (Phi) is 6.75. The summed E-state index contributed by atoms with van der Waals surface area (Å²) in [6, 6.07) is 0.582. The van der Waals surface area contributed by atoms with Crippen LogP contribution in [0, 0.1) is 11.3 Å². The number of ether oxygens (including phenoxy) is 1. The van der Waals surface area contributed by atoms with Crippen LogP contribution in [0.15, 0.2) is 0 Å². The lowest BCUT2D eigenvalue weighted by Crippen LogP contribution is -2.54. The first-order valence-electron chi connectivity index (χ1n) is 10.3. The van der Waals surface area contributed by atoms with Crippen LogP contribution in [-0.4, -0.2) is 73.4 Å². The lowest BCUT2D eigenvalue weighted by atomic mass is 9.76. The molecule has 0 bridgehead atoms. The van der Waals surface area contributed by atoms with Crippen LogP contribution in [0.1, 0.15) is 57.8 Å². The highest BCUT2D eigenvalue weighted by molar-refractivity contribution is 5.79. The quantitative estimate of drug-likeness (QED) is 0.714. The van der Waals surface area contributed by atoms with E-state index in [0.29, 0.717) is 17.9 Å². The van der Waals surface area contributed by atoms with Crippen LogP contribution >= 0.6 is 0 Å². The molecule has 0 aromatic carbocycles. The fourth-order valence-electron chi connectivity index (χ4n) is 4.93. The van der Waals surface area contributed by atoms with E-state index in [1.165, 1.54) is 12.8 Å². The topological polar surface area (TPSA) is 53.0 Å². The zero-order valence-electron chi connectivity index (χ0n) is 15.9. The predicted octanol–water partition coefficient (Wildman–Crippen LogP) is 2.28. The van der Waals surface area contributed by atoms with Crippen molar-refractivity contribution in [3.8, 4) is 0 Å². The Morgan fingerprint density at radius 2 is 1.92 bits per heavy atom. The second-order valence-electron chi connectivity index (χ2n) is 8.51. The van der Waals surface area contributed by atoms with E-state index >= 15 is 0 Å². The van der Waals surface area contributed by atoms with Crippen molar-refractivity contribution in [3.05, 3.63) is 0 Å². The van der Waals surface area contributed by atoms with Gasteiger partial charge in [0.05, 0.1) is 0 Å². The average Bonchev–Trinajstić information content (AvgIpc) is 2.61. The van der Waals surface area contributed by atoms with Gasteiger partial charge in [-0.15, -0.1) is 0 Å². The Bertz CT molecular complexity index is 433. The summed E-state index contributed by atoms with van der Waals surface area (Å²) in [6.07, 6.45) is 10.0. The summed E-state index contributed by atoms with van der Waals surface area (Å²) in [5, 5.41) is 10.0. The van der Waals surface area contributed by atoms with Gasteiger partial charge in [-0.25, -0.2) is 0 Å². The summed E-state index contributed by atoms with van der Waals surface area (Å²) < 4.78 is 5.20. The van der Waals surface area contributed by atoms with Gasteiger partial charge in [-0.2, -0.15) is 0 Å². The number of nitrogens with zero attached hydrogens (tertiary/aromatic N) is 2. The number of rotatable bonds is 7. The monoisotopic (exact) mass is 352 g/mol. The van der Waals surface area contributed by atoms with E-state index in [2.05, 4.69) is 9.80 Å². The summed E-state index contributed by atoms with van der Waals surface area (Å²) in [7, 11) is 1.75. The number of methoxy groups -OCH3 is 1. The van der Waals surface area contributed by atoms with Crippen molar-refractivity contribution in [3.63, 3.8) is 0 Å². The van der Waals surface area contributed by atoms with Gasteiger partial charge in [0.15, 0.2) is 0 Å². The SMILES string of the molecule is COCCC[C@@]1(CO)CCCN(C2CCN(C(=O)C3CCC3)CC2)C1. The molecule has 0 aromatic rings. The van der Waals surface area contributed by atoms with E-state index in [1.54, 1.807) is 7.11 Å². The molecule has 5 nitrogen and oxygen atoms in total. The molecule has 3 fully saturated rings. The Balaban J connectivity index is 1.49. The molecule has 0 spiro atoms. The fourth-order valence-corrected chi connectivity index (χ4v) is 4.93. The Labute approximate surface area is 152 Å². The zero-order valence-corrected chi connectivity index (χ0v) is 15.9. The first kappa shape index (κ1) is 19.1. The first-order chi connectivity index (χ1) is 12.2. The molecule has 1 amide bonds. The standard InChI is InChI=1S/C20H36N2O3/c1-25-14-4-10-20(16-23)9-3-11-22(15-20)18-7-12-21(13-8-18)19(24)17-5-2-6-17/h17-18,23H,2-16H2,1H3/t20-/m0/s1. The summed E-state index contributed by atoms with van der Waals surface area (Å²) >= 11 is 0. The lowest BCUT2D eigenvalue weighted by molar-refractivity contribution is -0.140. The largest absolute Gasteiger partial charge is 0.396 e. The summed E-state index contributed by atoms with van der Waals surface area (Å²) in [5.41, 5.74) is 0.0513. The molecule has 2 heterocycles. The molecule has 144 valence electrons. The number of carbonyl (C=O) groups is 1. The van der Waals surface area contributed by atoms with Crippen LogP contribution in [0.5, 0.6) is 0 Å². The molecule has 2 aliphatic heterocycles. The third-order valence-electron chi connectivity index (χ3n) is 6.83. The van der Waals surface area contributed by atoms with Gasteiger partial charge in [0.25, 0.3) is 0 Å². The minimum absolute atomic E-state index is 0.0513. The average molecular weight is 353 g/mol. The van der Waals surface area contributed by atoms with Crippen molar-refractivity contribution < 1.29 is 14.6 Å². The van der Waals surface area contributed by atoms with E-state index in [9.17, 15) is 9.90 Å². The summed E-state index contributed by atoms with van der Waals surface area (Å²) in [6.45, 7) is 5.07. The van der Waals surface area contributed by atoms with Gasteiger partial charge in [0.1, 0.15) is 0 Å². The van der Waals surface area contributed by atoms with Crippen LogP contribution in [0.2, 0.25) is 0 Å². The van der Waals surface area contributed by atoms with Crippen LogP contribution in [0.25, 0.3) is 0 Å². The molecule has 1 N–H and O–H groups in total.